The molecule has 0 unspecified atom stereocenters. The molecule has 0 N–H and O–H groups in total. The molecule has 0 bridgehead atoms. The van der Waals surface area contributed by atoms with Crippen molar-refractivity contribution in [2.24, 2.45) is 5.41 Å². The van der Waals surface area contributed by atoms with Gasteiger partial charge in [-0.05, 0) is 58.1 Å². The lowest BCUT2D eigenvalue weighted by Gasteiger charge is -2.20. The SMILES string of the molecule is C.CC1=CC=C(C(C)(C)C)C1.Cc1ccn(C(C)(C)C)c1. The maximum Gasteiger partial charge on any atom is 0.0355 e. The van der Waals surface area contributed by atoms with Crippen LogP contribution < -0.4 is 0 Å². The van der Waals surface area contributed by atoms with Crippen LogP contribution in [0.25, 0.3) is 0 Å². The van der Waals surface area contributed by atoms with Gasteiger partial charge in [0.15, 0.2) is 0 Å². The molecule has 0 spiro atoms. The zero-order valence-electron chi connectivity index (χ0n) is 14.5. The molecule has 1 aromatic rings. The van der Waals surface area contributed by atoms with E-state index < -0.39 is 0 Å². The van der Waals surface area contributed by atoms with Crippen molar-refractivity contribution in [1.82, 2.24) is 4.57 Å². The molecule has 0 radical (unpaired) electrons. The largest absolute Gasteiger partial charge is 0.349 e. The number of allylic oxidation sites excluding steroid dienone is 4. The molecule has 0 aromatic carbocycles. The fourth-order valence-electron chi connectivity index (χ4n) is 2.10. The number of aryl methyl sites for hydroxylation is 1. The summed E-state index contributed by atoms with van der Waals surface area (Å²) in [5.41, 5.74) is 4.98. The molecule has 1 nitrogen and oxygen atoms in total. The number of nitrogens with zero attached hydrogens (tertiary/aromatic N) is 1. The van der Waals surface area contributed by atoms with E-state index in [1.807, 2.05) is 0 Å². The molecule has 120 valence electrons. The highest BCUT2D eigenvalue weighted by Gasteiger charge is 2.18. The minimum atomic E-state index is 0. The maximum atomic E-state index is 2.27. The minimum Gasteiger partial charge on any atom is -0.349 e. The Kier molecular flexibility index (Phi) is 6.73. The molecule has 0 aliphatic heterocycles. The van der Waals surface area contributed by atoms with E-state index >= 15 is 0 Å². The van der Waals surface area contributed by atoms with Crippen molar-refractivity contribution in [2.75, 3.05) is 0 Å². The summed E-state index contributed by atoms with van der Waals surface area (Å²) >= 11 is 0. The van der Waals surface area contributed by atoms with Gasteiger partial charge in [0.2, 0.25) is 0 Å². The Morgan fingerprint density at radius 3 is 1.71 bits per heavy atom. The van der Waals surface area contributed by atoms with E-state index in [2.05, 4.69) is 90.6 Å². The lowest BCUT2D eigenvalue weighted by molar-refractivity contribution is 0.398. The van der Waals surface area contributed by atoms with Gasteiger partial charge in [0, 0.05) is 17.9 Å². The van der Waals surface area contributed by atoms with Crippen LogP contribution in [0.3, 0.4) is 0 Å². The monoisotopic (exact) mass is 289 g/mol. The van der Waals surface area contributed by atoms with Gasteiger partial charge in [-0.2, -0.15) is 0 Å². The first-order chi connectivity index (χ1) is 9.00. The van der Waals surface area contributed by atoms with Crippen molar-refractivity contribution in [2.45, 2.75) is 74.8 Å². The van der Waals surface area contributed by atoms with Crippen LogP contribution in [0.1, 0.15) is 67.9 Å². The molecule has 1 heterocycles. The summed E-state index contributed by atoms with van der Waals surface area (Å²) in [7, 11) is 0. The topological polar surface area (TPSA) is 4.93 Å². The van der Waals surface area contributed by atoms with Crippen molar-refractivity contribution in [3.05, 3.63) is 47.3 Å². The third-order valence-corrected chi connectivity index (χ3v) is 3.62. The third kappa shape index (κ3) is 6.37. The molecule has 0 amide bonds. The van der Waals surface area contributed by atoms with Crippen molar-refractivity contribution < 1.29 is 0 Å². The number of hydrogen-bond acceptors (Lipinski definition) is 0. The quantitative estimate of drug-likeness (QED) is 0.514. The molecule has 2 rings (SSSR count). The van der Waals surface area contributed by atoms with E-state index in [-0.39, 0.29) is 13.0 Å². The molecular formula is C20H35N. The zero-order valence-corrected chi connectivity index (χ0v) is 14.5. The first kappa shape index (κ1) is 19.8. The Bertz CT molecular complexity index is 499. The maximum absolute atomic E-state index is 2.27. The molecule has 0 fully saturated rings. The lowest BCUT2D eigenvalue weighted by atomic mass is 9.85. The number of rotatable bonds is 0. The first-order valence-electron chi connectivity index (χ1n) is 7.52. The highest BCUT2D eigenvalue weighted by Crippen LogP contribution is 2.33. The normalized spacial score (nSPS) is 14.7. The first-order valence-corrected chi connectivity index (χ1v) is 7.52. The predicted molar refractivity (Wildman–Crippen MR) is 96.8 cm³/mol. The Morgan fingerprint density at radius 1 is 0.952 bits per heavy atom. The van der Waals surface area contributed by atoms with Crippen LogP contribution in [-0.4, -0.2) is 4.57 Å². The Hall–Kier alpha value is -1.24. The second-order valence-corrected chi connectivity index (χ2v) is 7.90. The van der Waals surface area contributed by atoms with Crippen molar-refractivity contribution in [3.63, 3.8) is 0 Å². The highest BCUT2D eigenvalue weighted by atomic mass is 15.0. The van der Waals surface area contributed by atoms with Crippen LogP contribution in [0.2, 0.25) is 0 Å². The van der Waals surface area contributed by atoms with Gasteiger partial charge >= 0.3 is 0 Å². The molecule has 0 saturated carbocycles. The summed E-state index contributed by atoms with van der Waals surface area (Å²) in [4.78, 5) is 0. The molecule has 1 aliphatic rings. The average Bonchev–Trinajstić information content (AvgIpc) is 2.85. The standard InChI is InChI=1S/C10H16.C9H15N.CH4/c1-8-5-6-9(7-8)10(2,3)4;1-8-5-6-10(7-8)9(2,3)4;/h5-6H,7H2,1-4H3;5-7H,1-4H3;1H4. The second kappa shape index (κ2) is 7.15. The summed E-state index contributed by atoms with van der Waals surface area (Å²) in [6.07, 6.45) is 9.95. The summed E-state index contributed by atoms with van der Waals surface area (Å²) in [6, 6.07) is 2.13. The zero-order chi connectivity index (χ0) is 15.6. The van der Waals surface area contributed by atoms with Crippen LogP contribution in [0.5, 0.6) is 0 Å². The lowest BCUT2D eigenvalue weighted by Crippen LogP contribution is -2.19. The van der Waals surface area contributed by atoms with Gasteiger partial charge in [-0.1, -0.05) is 51.5 Å². The molecule has 1 heteroatoms. The summed E-state index contributed by atoms with van der Waals surface area (Å²) in [6.45, 7) is 17.7. The van der Waals surface area contributed by atoms with Gasteiger partial charge in [-0.3, -0.25) is 0 Å². The van der Waals surface area contributed by atoms with Gasteiger partial charge in [0.25, 0.3) is 0 Å². The molecule has 0 atom stereocenters. The van der Waals surface area contributed by atoms with Crippen LogP contribution >= 0.6 is 0 Å². The van der Waals surface area contributed by atoms with Crippen molar-refractivity contribution >= 4 is 0 Å². The number of aromatic nitrogens is 1. The predicted octanol–water partition coefficient (Wildman–Crippen LogP) is 6.50. The molecule has 21 heavy (non-hydrogen) atoms. The van der Waals surface area contributed by atoms with Gasteiger partial charge in [-0.25, -0.2) is 0 Å². The van der Waals surface area contributed by atoms with Crippen molar-refractivity contribution in [1.29, 1.82) is 0 Å². The number of hydrogen-bond donors (Lipinski definition) is 0. The van der Waals surface area contributed by atoms with E-state index in [0.717, 1.165) is 0 Å². The van der Waals surface area contributed by atoms with Gasteiger partial charge in [0.05, 0.1) is 0 Å². The second-order valence-electron chi connectivity index (χ2n) is 7.90. The van der Waals surface area contributed by atoms with E-state index in [0.29, 0.717) is 5.41 Å². The summed E-state index contributed by atoms with van der Waals surface area (Å²) in [5, 5.41) is 0. The third-order valence-electron chi connectivity index (χ3n) is 3.62. The van der Waals surface area contributed by atoms with E-state index in [1.165, 1.54) is 17.6 Å². The van der Waals surface area contributed by atoms with E-state index in [4.69, 9.17) is 0 Å². The van der Waals surface area contributed by atoms with Gasteiger partial charge in [0.1, 0.15) is 0 Å². The fraction of sp³-hybridized carbons (Fsp3) is 0.600. The molecule has 0 saturated heterocycles. The summed E-state index contributed by atoms with van der Waals surface area (Å²) < 4.78 is 2.22. The molecule has 1 aliphatic carbocycles. The summed E-state index contributed by atoms with van der Waals surface area (Å²) in [5.74, 6) is 0. The highest BCUT2D eigenvalue weighted by molar-refractivity contribution is 5.32. The molecule has 1 aromatic heterocycles. The van der Waals surface area contributed by atoms with Crippen LogP contribution in [0.15, 0.2) is 41.8 Å². The van der Waals surface area contributed by atoms with Crippen molar-refractivity contribution in [3.8, 4) is 0 Å². The average molecular weight is 290 g/mol. The minimum absolute atomic E-state index is 0. The van der Waals surface area contributed by atoms with E-state index in [1.54, 1.807) is 5.57 Å². The van der Waals surface area contributed by atoms with E-state index in [9.17, 15) is 0 Å². The Labute approximate surface area is 132 Å². The van der Waals surface area contributed by atoms with Crippen LogP contribution in [0.4, 0.5) is 0 Å². The molecular weight excluding hydrogens is 254 g/mol. The Morgan fingerprint density at radius 2 is 1.52 bits per heavy atom. The van der Waals surface area contributed by atoms with Crippen LogP contribution in [0, 0.1) is 12.3 Å². The fourth-order valence-corrected chi connectivity index (χ4v) is 2.10. The van der Waals surface area contributed by atoms with Gasteiger partial charge < -0.3 is 4.57 Å². The van der Waals surface area contributed by atoms with Crippen LogP contribution in [-0.2, 0) is 5.54 Å². The van der Waals surface area contributed by atoms with Gasteiger partial charge in [-0.15, -0.1) is 0 Å². The smallest absolute Gasteiger partial charge is 0.0355 e. The Balaban J connectivity index is 0.000000364.